The van der Waals surface area contributed by atoms with Crippen LogP contribution in [0.15, 0.2) is 31.1 Å². The van der Waals surface area contributed by atoms with Crippen molar-refractivity contribution in [1.29, 1.82) is 0 Å². The van der Waals surface area contributed by atoms with Crippen LogP contribution in [0.4, 0.5) is 0 Å². The highest BCUT2D eigenvalue weighted by atomic mass is 35.5. The molecule has 0 atom stereocenters. The standard InChI is InChI=1S/C12H15ClN2O/c1-4-7-15(9(2)3)12(16)10-8-14-6-5-11(10)13/h4-6,8-9H,1,7H2,2-3H3. The van der Waals surface area contributed by atoms with Crippen LogP contribution < -0.4 is 0 Å². The van der Waals surface area contributed by atoms with Crippen LogP contribution in [0.1, 0.15) is 24.2 Å². The molecule has 1 heterocycles. The van der Waals surface area contributed by atoms with E-state index in [4.69, 9.17) is 11.6 Å². The van der Waals surface area contributed by atoms with Gasteiger partial charge in [0.1, 0.15) is 0 Å². The molecule has 0 saturated carbocycles. The molecule has 0 spiro atoms. The van der Waals surface area contributed by atoms with Crippen molar-refractivity contribution in [2.45, 2.75) is 19.9 Å². The maximum atomic E-state index is 12.2. The summed E-state index contributed by atoms with van der Waals surface area (Å²) in [4.78, 5) is 17.8. The van der Waals surface area contributed by atoms with E-state index in [1.54, 1.807) is 23.2 Å². The summed E-state index contributed by atoms with van der Waals surface area (Å²) in [6.45, 7) is 8.04. The van der Waals surface area contributed by atoms with Gasteiger partial charge in [0.2, 0.25) is 0 Å². The zero-order valence-corrected chi connectivity index (χ0v) is 10.2. The number of nitrogens with zero attached hydrogens (tertiary/aromatic N) is 2. The maximum absolute atomic E-state index is 12.2. The molecule has 4 heteroatoms. The third-order valence-corrected chi connectivity index (χ3v) is 2.54. The number of rotatable bonds is 4. The third-order valence-electron chi connectivity index (χ3n) is 2.21. The highest BCUT2D eigenvalue weighted by Gasteiger charge is 2.19. The van der Waals surface area contributed by atoms with Gasteiger partial charge in [0.25, 0.3) is 5.91 Å². The summed E-state index contributed by atoms with van der Waals surface area (Å²) in [6.07, 6.45) is 4.75. The van der Waals surface area contributed by atoms with Crippen molar-refractivity contribution in [3.05, 3.63) is 41.7 Å². The first kappa shape index (κ1) is 12.7. The van der Waals surface area contributed by atoms with E-state index < -0.39 is 0 Å². The summed E-state index contributed by atoms with van der Waals surface area (Å²) >= 11 is 5.95. The van der Waals surface area contributed by atoms with Crippen molar-refractivity contribution in [3.8, 4) is 0 Å². The van der Waals surface area contributed by atoms with E-state index in [0.717, 1.165) is 0 Å². The van der Waals surface area contributed by atoms with Gasteiger partial charge in [-0.3, -0.25) is 9.78 Å². The predicted octanol–water partition coefficient (Wildman–Crippen LogP) is 2.77. The average molecular weight is 239 g/mol. The van der Waals surface area contributed by atoms with E-state index in [2.05, 4.69) is 11.6 Å². The molecule has 0 unspecified atom stereocenters. The molecule has 0 aliphatic carbocycles. The normalized spacial score (nSPS) is 10.2. The van der Waals surface area contributed by atoms with Gasteiger partial charge in [-0.1, -0.05) is 17.7 Å². The lowest BCUT2D eigenvalue weighted by atomic mass is 10.2. The second kappa shape index (κ2) is 5.66. The molecule has 86 valence electrons. The minimum Gasteiger partial charge on any atom is -0.332 e. The molecular formula is C12H15ClN2O. The topological polar surface area (TPSA) is 33.2 Å². The fraction of sp³-hybridized carbons (Fsp3) is 0.333. The SMILES string of the molecule is C=CCN(C(=O)c1cnccc1Cl)C(C)C. The molecule has 3 nitrogen and oxygen atoms in total. The summed E-state index contributed by atoms with van der Waals surface area (Å²) in [6, 6.07) is 1.71. The van der Waals surface area contributed by atoms with Crippen LogP contribution in [0, 0.1) is 0 Å². The van der Waals surface area contributed by atoms with Crippen LogP contribution >= 0.6 is 11.6 Å². The van der Waals surface area contributed by atoms with Gasteiger partial charge in [-0.25, -0.2) is 0 Å². The Morgan fingerprint density at radius 2 is 2.38 bits per heavy atom. The first-order valence-electron chi connectivity index (χ1n) is 5.09. The Bertz CT molecular complexity index is 390. The molecule has 0 N–H and O–H groups in total. The lowest BCUT2D eigenvalue weighted by Gasteiger charge is -2.25. The minimum absolute atomic E-state index is 0.0989. The second-order valence-electron chi connectivity index (χ2n) is 3.70. The average Bonchev–Trinajstić information content (AvgIpc) is 2.25. The lowest BCUT2D eigenvalue weighted by molar-refractivity contribution is 0.0728. The van der Waals surface area contributed by atoms with Crippen LogP contribution in [0.5, 0.6) is 0 Å². The predicted molar refractivity (Wildman–Crippen MR) is 65.6 cm³/mol. The van der Waals surface area contributed by atoms with Crippen LogP contribution in [-0.4, -0.2) is 28.4 Å². The number of hydrogen-bond donors (Lipinski definition) is 0. The number of carbonyl (C=O) groups excluding carboxylic acids is 1. The fourth-order valence-electron chi connectivity index (χ4n) is 1.36. The second-order valence-corrected chi connectivity index (χ2v) is 4.10. The van der Waals surface area contributed by atoms with Crippen molar-refractivity contribution in [3.63, 3.8) is 0 Å². The van der Waals surface area contributed by atoms with Crippen LogP contribution in [0.3, 0.4) is 0 Å². The van der Waals surface area contributed by atoms with Crippen LogP contribution in [0.2, 0.25) is 5.02 Å². The van der Waals surface area contributed by atoms with E-state index in [9.17, 15) is 4.79 Å². The number of carbonyl (C=O) groups is 1. The monoisotopic (exact) mass is 238 g/mol. The van der Waals surface area contributed by atoms with Gasteiger partial charge in [0, 0.05) is 25.0 Å². The van der Waals surface area contributed by atoms with E-state index in [-0.39, 0.29) is 11.9 Å². The van der Waals surface area contributed by atoms with E-state index in [1.807, 2.05) is 13.8 Å². The van der Waals surface area contributed by atoms with Crippen LogP contribution in [-0.2, 0) is 0 Å². The van der Waals surface area contributed by atoms with Crippen molar-refractivity contribution in [2.75, 3.05) is 6.54 Å². The number of pyridine rings is 1. The van der Waals surface area contributed by atoms with Gasteiger partial charge in [-0.05, 0) is 19.9 Å². The van der Waals surface area contributed by atoms with Gasteiger partial charge in [0.05, 0.1) is 10.6 Å². The molecule has 1 rings (SSSR count). The zero-order valence-electron chi connectivity index (χ0n) is 9.48. The highest BCUT2D eigenvalue weighted by Crippen LogP contribution is 2.17. The Hall–Kier alpha value is -1.35. The van der Waals surface area contributed by atoms with Crippen LogP contribution in [0.25, 0.3) is 0 Å². The van der Waals surface area contributed by atoms with Gasteiger partial charge >= 0.3 is 0 Å². The summed E-state index contributed by atoms with van der Waals surface area (Å²) in [5.41, 5.74) is 0.430. The molecule has 16 heavy (non-hydrogen) atoms. The number of aromatic nitrogens is 1. The molecule has 0 aromatic carbocycles. The van der Waals surface area contributed by atoms with Crippen molar-refractivity contribution in [1.82, 2.24) is 9.88 Å². The Balaban J connectivity index is 2.99. The molecule has 0 bridgehead atoms. The first-order chi connectivity index (χ1) is 7.57. The number of amides is 1. The largest absolute Gasteiger partial charge is 0.332 e. The molecule has 1 amide bonds. The van der Waals surface area contributed by atoms with Gasteiger partial charge in [0.15, 0.2) is 0 Å². The number of halogens is 1. The maximum Gasteiger partial charge on any atom is 0.257 e. The van der Waals surface area contributed by atoms with Gasteiger partial charge in [-0.2, -0.15) is 0 Å². The van der Waals surface area contributed by atoms with E-state index >= 15 is 0 Å². The third kappa shape index (κ3) is 2.83. The summed E-state index contributed by atoms with van der Waals surface area (Å²) < 4.78 is 0. The Morgan fingerprint density at radius 1 is 1.69 bits per heavy atom. The summed E-state index contributed by atoms with van der Waals surface area (Å²) in [7, 11) is 0. The number of hydrogen-bond acceptors (Lipinski definition) is 2. The molecule has 0 aliphatic heterocycles. The van der Waals surface area contributed by atoms with E-state index in [1.165, 1.54) is 6.20 Å². The minimum atomic E-state index is -0.118. The van der Waals surface area contributed by atoms with Crippen molar-refractivity contribution in [2.24, 2.45) is 0 Å². The van der Waals surface area contributed by atoms with E-state index in [0.29, 0.717) is 17.1 Å². The quantitative estimate of drug-likeness (QED) is 0.756. The Labute approximate surface area is 101 Å². The molecule has 0 radical (unpaired) electrons. The highest BCUT2D eigenvalue weighted by molar-refractivity contribution is 6.33. The lowest BCUT2D eigenvalue weighted by Crippen LogP contribution is -2.37. The molecular weight excluding hydrogens is 224 g/mol. The summed E-state index contributed by atoms with van der Waals surface area (Å²) in [5.74, 6) is -0.118. The Kier molecular flexibility index (Phi) is 4.50. The summed E-state index contributed by atoms with van der Waals surface area (Å²) in [5, 5.41) is 0.426. The van der Waals surface area contributed by atoms with Gasteiger partial charge in [-0.15, -0.1) is 6.58 Å². The Morgan fingerprint density at radius 3 is 2.88 bits per heavy atom. The van der Waals surface area contributed by atoms with Gasteiger partial charge < -0.3 is 4.90 Å². The molecule has 0 fully saturated rings. The molecule has 1 aromatic heterocycles. The molecule has 0 aliphatic rings. The zero-order chi connectivity index (χ0) is 12.1. The van der Waals surface area contributed by atoms with Crippen molar-refractivity contribution >= 4 is 17.5 Å². The fourth-order valence-corrected chi connectivity index (χ4v) is 1.54. The molecule has 1 aromatic rings. The smallest absolute Gasteiger partial charge is 0.257 e. The van der Waals surface area contributed by atoms with Crippen molar-refractivity contribution < 1.29 is 4.79 Å². The molecule has 0 saturated heterocycles. The first-order valence-corrected chi connectivity index (χ1v) is 5.47.